The molecule has 0 amide bonds. The quantitative estimate of drug-likeness (QED) is 0.177. The number of ether oxygens (including phenoxy) is 4. The number of nitrogens with zero attached hydrogens (tertiary/aromatic N) is 2. The normalized spacial score (nSPS) is 21.0. The molecule has 5 rings (SSSR count). The third-order valence-electron chi connectivity index (χ3n) is 6.85. The Morgan fingerprint density at radius 1 is 0.860 bits per heavy atom. The van der Waals surface area contributed by atoms with Crippen LogP contribution >= 0.6 is 0 Å². The Morgan fingerprint density at radius 2 is 1.40 bits per heavy atom. The van der Waals surface area contributed by atoms with Crippen LogP contribution in [0.5, 0.6) is 0 Å². The van der Waals surface area contributed by atoms with Crippen LogP contribution in [0.15, 0.2) is 121 Å². The molecule has 1 aliphatic heterocycles. The Bertz CT molecular complexity index is 1680. The zero-order chi connectivity index (χ0) is 30.4. The molecular formula is C32H27N3O8. The fourth-order valence-electron chi connectivity index (χ4n) is 4.68. The van der Waals surface area contributed by atoms with Gasteiger partial charge in [-0.05, 0) is 48.5 Å². The van der Waals surface area contributed by atoms with E-state index in [0.717, 1.165) is 4.57 Å². The van der Waals surface area contributed by atoms with Gasteiger partial charge in [-0.25, -0.2) is 19.2 Å². The number of aromatic nitrogens is 2. The van der Waals surface area contributed by atoms with Crippen LogP contribution in [-0.2, 0) is 18.9 Å². The van der Waals surface area contributed by atoms with Gasteiger partial charge in [0.1, 0.15) is 18.5 Å². The summed E-state index contributed by atoms with van der Waals surface area (Å²) in [6.07, 6.45) is -1.62. The summed E-state index contributed by atoms with van der Waals surface area (Å²) in [5, 5.41) is 0. The van der Waals surface area contributed by atoms with E-state index in [2.05, 4.69) is 11.6 Å². The summed E-state index contributed by atoms with van der Waals surface area (Å²) in [5.74, 6) is -2.31. The minimum atomic E-state index is -1.94. The number of anilines is 1. The van der Waals surface area contributed by atoms with Gasteiger partial charge in [-0.15, -0.1) is 0 Å². The van der Waals surface area contributed by atoms with E-state index in [1.165, 1.54) is 42.6 Å². The van der Waals surface area contributed by atoms with E-state index < -0.39 is 54.2 Å². The maximum absolute atomic E-state index is 13.5. The minimum absolute atomic E-state index is 0.0455. The SMILES string of the molecule is C=C[C@@]1(OC(=O)c2ccccc2)[C@@H](COC(=O)c2ccccc2)O[C@@H](n2ccc(N)nc2=O)[C@@H]1OC(=O)c1ccccc1. The first-order valence-corrected chi connectivity index (χ1v) is 13.2. The molecule has 1 aromatic heterocycles. The molecule has 0 aliphatic carbocycles. The first kappa shape index (κ1) is 29.0. The topological polar surface area (TPSA) is 149 Å². The predicted molar refractivity (Wildman–Crippen MR) is 154 cm³/mol. The molecule has 2 heterocycles. The van der Waals surface area contributed by atoms with Crippen LogP contribution in [0.2, 0.25) is 0 Å². The van der Waals surface area contributed by atoms with Crippen molar-refractivity contribution in [3.63, 3.8) is 0 Å². The molecule has 218 valence electrons. The van der Waals surface area contributed by atoms with Crippen molar-refractivity contribution in [3.8, 4) is 0 Å². The first-order chi connectivity index (χ1) is 20.8. The van der Waals surface area contributed by atoms with E-state index in [-0.39, 0.29) is 22.5 Å². The van der Waals surface area contributed by atoms with Crippen LogP contribution < -0.4 is 11.4 Å². The summed E-state index contributed by atoms with van der Waals surface area (Å²) in [6.45, 7) is 3.42. The molecule has 0 unspecified atom stereocenters. The van der Waals surface area contributed by atoms with Crippen molar-refractivity contribution in [2.45, 2.75) is 24.0 Å². The standard InChI is InChI=1S/C32H27N3O8/c1-2-32(43-30(38)23-16-10-5-11-17-23)24(20-40-28(36)21-12-6-3-7-13-21)41-27(35-19-18-25(33)34-31(35)39)26(32)42-29(37)22-14-8-4-9-15-22/h2-19,24,26-27H,1,20H2,(H2,33,34,39)/t24-,26+,27-,32-/m1/s1. The Labute approximate surface area is 246 Å². The van der Waals surface area contributed by atoms with Crippen molar-refractivity contribution in [3.05, 3.63) is 143 Å². The second-order valence-corrected chi connectivity index (χ2v) is 9.53. The van der Waals surface area contributed by atoms with Gasteiger partial charge in [0.05, 0.1) is 16.7 Å². The Kier molecular flexibility index (Phi) is 8.44. The maximum Gasteiger partial charge on any atom is 0.351 e. The molecular weight excluding hydrogens is 554 g/mol. The van der Waals surface area contributed by atoms with Gasteiger partial charge in [0.15, 0.2) is 12.3 Å². The Balaban J connectivity index is 1.58. The van der Waals surface area contributed by atoms with E-state index >= 15 is 0 Å². The summed E-state index contributed by atoms with van der Waals surface area (Å²) in [6, 6.07) is 25.8. The summed E-state index contributed by atoms with van der Waals surface area (Å²) >= 11 is 0. The minimum Gasteiger partial charge on any atom is -0.459 e. The molecule has 3 aromatic carbocycles. The van der Waals surface area contributed by atoms with Crippen molar-refractivity contribution >= 4 is 23.7 Å². The van der Waals surface area contributed by atoms with Crippen molar-refractivity contribution < 1.29 is 33.3 Å². The number of esters is 3. The van der Waals surface area contributed by atoms with Gasteiger partial charge in [-0.1, -0.05) is 61.2 Å². The van der Waals surface area contributed by atoms with Crippen LogP contribution in [0.3, 0.4) is 0 Å². The highest BCUT2D eigenvalue weighted by Gasteiger charge is 2.62. The molecule has 4 atom stereocenters. The van der Waals surface area contributed by atoms with Crippen molar-refractivity contribution in [2.75, 3.05) is 12.3 Å². The summed E-state index contributed by atoms with van der Waals surface area (Å²) in [4.78, 5) is 56.4. The van der Waals surface area contributed by atoms with Gasteiger partial charge >= 0.3 is 23.6 Å². The molecule has 0 spiro atoms. The highest BCUT2D eigenvalue weighted by Crippen LogP contribution is 2.43. The van der Waals surface area contributed by atoms with E-state index in [4.69, 9.17) is 24.7 Å². The number of hydrogen-bond acceptors (Lipinski definition) is 10. The molecule has 0 radical (unpaired) electrons. The molecule has 1 fully saturated rings. The van der Waals surface area contributed by atoms with Crippen LogP contribution in [0.25, 0.3) is 0 Å². The van der Waals surface area contributed by atoms with Gasteiger partial charge in [0, 0.05) is 6.20 Å². The zero-order valence-electron chi connectivity index (χ0n) is 22.8. The zero-order valence-corrected chi connectivity index (χ0v) is 22.8. The molecule has 0 saturated carbocycles. The van der Waals surface area contributed by atoms with E-state index in [1.54, 1.807) is 66.7 Å². The predicted octanol–water partition coefficient (Wildman–Crippen LogP) is 3.59. The summed E-state index contributed by atoms with van der Waals surface area (Å²) in [5.41, 5.74) is 3.58. The summed E-state index contributed by atoms with van der Waals surface area (Å²) < 4.78 is 24.8. The Hall–Kier alpha value is -5.55. The lowest BCUT2D eigenvalue weighted by molar-refractivity contribution is -0.0830. The number of nitrogen functional groups attached to an aromatic ring is 1. The van der Waals surface area contributed by atoms with E-state index in [1.807, 2.05) is 0 Å². The van der Waals surface area contributed by atoms with Gasteiger partial charge in [0.25, 0.3) is 0 Å². The molecule has 1 aliphatic rings. The molecule has 4 aromatic rings. The smallest absolute Gasteiger partial charge is 0.351 e. The van der Waals surface area contributed by atoms with Gasteiger partial charge in [-0.3, -0.25) is 4.57 Å². The lowest BCUT2D eigenvalue weighted by atomic mass is 9.91. The monoisotopic (exact) mass is 581 g/mol. The van der Waals surface area contributed by atoms with Crippen molar-refractivity contribution in [1.29, 1.82) is 0 Å². The number of hydrogen-bond donors (Lipinski definition) is 1. The number of carbonyl (C=O) groups is 3. The second-order valence-electron chi connectivity index (χ2n) is 9.53. The molecule has 11 nitrogen and oxygen atoms in total. The largest absolute Gasteiger partial charge is 0.459 e. The number of carbonyl (C=O) groups excluding carboxylic acids is 3. The molecule has 11 heteroatoms. The third kappa shape index (κ3) is 6.07. The second kappa shape index (κ2) is 12.5. The molecule has 43 heavy (non-hydrogen) atoms. The fraction of sp³-hybridized carbons (Fsp3) is 0.156. The highest BCUT2D eigenvalue weighted by molar-refractivity contribution is 5.91. The summed E-state index contributed by atoms with van der Waals surface area (Å²) in [7, 11) is 0. The van der Waals surface area contributed by atoms with Crippen LogP contribution in [-0.4, -0.2) is 51.9 Å². The fourth-order valence-corrected chi connectivity index (χ4v) is 4.68. The number of benzene rings is 3. The van der Waals surface area contributed by atoms with Crippen LogP contribution in [0.4, 0.5) is 5.82 Å². The van der Waals surface area contributed by atoms with Crippen LogP contribution in [0, 0.1) is 0 Å². The Morgan fingerprint density at radius 3 is 1.93 bits per heavy atom. The van der Waals surface area contributed by atoms with E-state index in [0.29, 0.717) is 0 Å². The lowest BCUT2D eigenvalue weighted by Gasteiger charge is -2.34. The maximum atomic E-state index is 13.5. The third-order valence-corrected chi connectivity index (χ3v) is 6.85. The number of rotatable bonds is 9. The van der Waals surface area contributed by atoms with Gasteiger partial charge in [0.2, 0.25) is 5.60 Å². The average molecular weight is 582 g/mol. The molecule has 2 N–H and O–H groups in total. The lowest BCUT2D eigenvalue weighted by Crippen LogP contribution is -2.53. The van der Waals surface area contributed by atoms with Crippen molar-refractivity contribution in [1.82, 2.24) is 9.55 Å². The van der Waals surface area contributed by atoms with Crippen LogP contribution in [0.1, 0.15) is 37.3 Å². The highest BCUT2D eigenvalue weighted by atomic mass is 16.7. The molecule has 0 bridgehead atoms. The molecule has 1 saturated heterocycles. The first-order valence-electron chi connectivity index (χ1n) is 13.2. The van der Waals surface area contributed by atoms with Gasteiger partial charge < -0.3 is 24.7 Å². The van der Waals surface area contributed by atoms with Gasteiger partial charge in [-0.2, -0.15) is 4.98 Å². The van der Waals surface area contributed by atoms with E-state index in [9.17, 15) is 19.2 Å². The average Bonchev–Trinajstić information content (AvgIpc) is 3.33. The number of nitrogens with two attached hydrogens (primary N) is 1. The van der Waals surface area contributed by atoms with Crippen molar-refractivity contribution in [2.24, 2.45) is 0 Å².